The monoisotopic (exact) mass is 357 g/mol. The maximum Gasteiger partial charge on any atom is 0.308 e. The van der Waals surface area contributed by atoms with Crippen molar-refractivity contribution < 1.29 is 14.3 Å². The van der Waals surface area contributed by atoms with E-state index in [0.29, 0.717) is 46.5 Å². The molecular weight excluding hydrogens is 342 g/mol. The summed E-state index contributed by atoms with van der Waals surface area (Å²) in [4.78, 5) is 26.0. The predicted molar refractivity (Wildman–Crippen MR) is 97.7 cm³/mol. The average Bonchev–Trinajstić information content (AvgIpc) is 3.08. The normalized spacial score (nSPS) is 17.5. The van der Waals surface area contributed by atoms with E-state index in [0.717, 1.165) is 11.3 Å². The summed E-state index contributed by atoms with van der Waals surface area (Å²) < 4.78 is 5.94. The zero-order chi connectivity index (χ0) is 17.7. The molecule has 1 atom stereocenters. The second-order valence-corrected chi connectivity index (χ2v) is 6.86. The number of carboxylic acid groups (broad SMARTS) is 1. The molecule has 1 aliphatic rings. The van der Waals surface area contributed by atoms with Gasteiger partial charge < -0.3 is 14.4 Å². The number of fused-ring (bicyclic) bond motifs is 2. The molecule has 0 radical (unpaired) electrons. The first kappa shape index (κ1) is 16.0. The molecule has 0 amide bonds. The average molecular weight is 358 g/mol. The molecule has 1 unspecified atom stereocenters. The Morgan fingerprint density at radius 1 is 1.32 bits per heavy atom. The van der Waals surface area contributed by atoms with Crippen molar-refractivity contribution in [2.75, 3.05) is 18.0 Å². The number of benzene rings is 2. The van der Waals surface area contributed by atoms with E-state index in [-0.39, 0.29) is 11.3 Å². The van der Waals surface area contributed by atoms with Crippen LogP contribution in [0.1, 0.15) is 12.0 Å². The molecule has 5 nitrogen and oxygen atoms in total. The third-order valence-electron chi connectivity index (χ3n) is 4.87. The van der Waals surface area contributed by atoms with Gasteiger partial charge in [-0.05, 0) is 37.1 Å². The molecule has 25 heavy (non-hydrogen) atoms. The third kappa shape index (κ3) is 2.55. The van der Waals surface area contributed by atoms with Crippen molar-refractivity contribution in [2.24, 2.45) is 5.92 Å². The first-order chi connectivity index (χ1) is 12.0. The Kier molecular flexibility index (Phi) is 3.69. The molecule has 3 aromatic rings. The van der Waals surface area contributed by atoms with Gasteiger partial charge in [-0.15, -0.1) is 0 Å². The number of carbonyl (C=O) groups is 1. The Morgan fingerprint density at radius 3 is 2.84 bits per heavy atom. The van der Waals surface area contributed by atoms with Gasteiger partial charge in [-0.1, -0.05) is 17.7 Å². The number of rotatable bonds is 2. The van der Waals surface area contributed by atoms with Crippen LogP contribution < -0.4 is 10.3 Å². The number of nitrogens with zero attached hydrogens (tertiary/aromatic N) is 1. The van der Waals surface area contributed by atoms with Gasteiger partial charge in [0.05, 0.1) is 21.7 Å². The second kappa shape index (κ2) is 5.77. The molecule has 1 fully saturated rings. The lowest BCUT2D eigenvalue weighted by atomic mass is 10.1. The number of aliphatic carboxylic acids is 1. The largest absolute Gasteiger partial charge is 0.481 e. The van der Waals surface area contributed by atoms with Crippen LogP contribution in [-0.4, -0.2) is 24.2 Å². The summed E-state index contributed by atoms with van der Waals surface area (Å²) in [6, 6.07) is 8.90. The van der Waals surface area contributed by atoms with Crippen molar-refractivity contribution in [3.63, 3.8) is 0 Å². The molecule has 1 saturated heterocycles. The third-order valence-corrected chi connectivity index (χ3v) is 5.17. The summed E-state index contributed by atoms with van der Waals surface area (Å²) in [5, 5.41) is 10.6. The van der Waals surface area contributed by atoms with E-state index in [1.54, 1.807) is 24.3 Å². The number of hydrogen-bond donors (Lipinski definition) is 1. The summed E-state index contributed by atoms with van der Waals surface area (Å²) in [7, 11) is 0. The first-order valence-electron chi connectivity index (χ1n) is 8.09. The lowest BCUT2D eigenvalue weighted by molar-refractivity contribution is -0.140. The molecule has 1 aromatic heterocycles. The molecular formula is C19H16ClNO4. The number of carboxylic acids is 1. The molecule has 0 bridgehead atoms. The molecule has 0 saturated carbocycles. The summed E-state index contributed by atoms with van der Waals surface area (Å²) in [5.41, 5.74) is 2.42. The van der Waals surface area contributed by atoms with Gasteiger partial charge in [0.2, 0.25) is 5.43 Å². The first-order valence-corrected chi connectivity index (χ1v) is 8.47. The van der Waals surface area contributed by atoms with Gasteiger partial charge in [0.15, 0.2) is 5.58 Å². The number of hydrogen-bond acceptors (Lipinski definition) is 4. The van der Waals surface area contributed by atoms with E-state index in [2.05, 4.69) is 0 Å². The van der Waals surface area contributed by atoms with Crippen molar-refractivity contribution in [2.45, 2.75) is 13.3 Å². The van der Waals surface area contributed by atoms with Gasteiger partial charge in [-0.2, -0.15) is 0 Å². The minimum atomic E-state index is -0.775. The van der Waals surface area contributed by atoms with Gasteiger partial charge in [-0.3, -0.25) is 9.59 Å². The van der Waals surface area contributed by atoms with Crippen LogP contribution in [0.15, 0.2) is 39.5 Å². The number of halogens is 1. The quantitative estimate of drug-likeness (QED) is 0.706. The highest BCUT2D eigenvalue weighted by atomic mass is 35.5. The van der Waals surface area contributed by atoms with E-state index < -0.39 is 5.97 Å². The van der Waals surface area contributed by atoms with E-state index in [1.165, 1.54) is 0 Å². The zero-order valence-corrected chi connectivity index (χ0v) is 14.3. The molecule has 2 aromatic carbocycles. The highest BCUT2D eigenvalue weighted by Gasteiger charge is 2.28. The van der Waals surface area contributed by atoms with E-state index in [1.807, 2.05) is 17.9 Å². The Hall–Kier alpha value is -2.53. The molecule has 6 heteroatoms. The van der Waals surface area contributed by atoms with Gasteiger partial charge in [-0.25, -0.2) is 0 Å². The van der Waals surface area contributed by atoms with Crippen LogP contribution in [0.5, 0.6) is 0 Å². The van der Waals surface area contributed by atoms with Gasteiger partial charge in [0.25, 0.3) is 0 Å². The van der Waals surface area contributed by atoms with Crippen molar-refractivity contribution in [3.05, 3.63) is 51.1 Å². The Morgan fingerprint density at radius 2 is 2.12 bits per heavy atom. The molecule has 0 spiro atoms. The lowest BCUT2D eigenvalue weighted by Crippen LogP contribution is -2.22. The number of aryl methyl sites for hydroxylation is 1. The van der Waals surface area contributed by atoms with Crippen LogP contribution in [0.2, 0.25) is 5.02 Å². The molecule has 0 aliphatic carbocycles. The fourth-order valence-corrected chi connectivity index (χ4v) is 3.65. The van der Waals surface area contributed by atoms with Crippen LogP contribution in [0.4, 0.5) is 5.69 Å². The van der Waals surface area contributed by atoms with Crippen LogP contribution in [-0.2, 0) is 4.79 Å². The van der Waals surface area contributed by atoms with Crippen molar-refractivity contribution in [3.8, 4) is 0 Å². The Balaban J connectivity index is 1.87. The smallest absolute Gasteiger partial charge is 0.308 e. The maximum absolute atomic E-state index is 12.8. The number of anilines is 1. The summed E-state index contributed by atoms with van der Waals surface area (Å²) in [6.07, 6.45) is 0.611. The molecule has 2 heterocycles. The second-order valence-electron chi connectivity index (χ2n) is 6.45. The van der Waals surface area contributed by atoms with Gasteiger partial charge >= 0.3 is 5.97 Å². The minimum absolute atomic E-state index is 0.104. The van der Waals surface area contributed by atoms with Crippen LogP contribution in [0.3, 0.4) is 0 Å². The van der Waals surface area contributed by atoms with Crippen molar-refractivity contribution in [1.29, 1.82) is 0 Å². The van der Waals surface area contributed by atoms with Crippen LogP contribution in [0.25, 0.3) is 21.9 Å². The SMILES string of the molecule is Cc1ccc(Cl)c2oc3cc(N4CCC(C(=O)O)C4)ccc3c(=O)c12. The fraction of sp³-hybridized carbons (Fsp3) is 0.263. The van der Waals surface area contributed by atoms with Crippen LogP contribution in [0, 0.1) is 12.8 Å². The van der Waals surface area contributed by atoms with E-state index in [4.69, 9.17) is 21.1 Å². The lowest BCUT2D eigenvalue weighted by Gasteiger charge is -2.18. The maximum atomic E-state index is 12.8. The highest BCUT2D eigenvalue weighted by molar-refractivity contribution is 6.35. The zero-order valence-electron chi connectivity index (χ0n) is 13.6. The molecule has 1 N–H and O–H groups in total. The Labute approximate surface area is 148 Å². The van der Waals surface area contributed by atoms with Gasteiger partial charge in [0.1, 0.15) is 5.58 Å². The standard InChI is InChI=1S/C19H16ClNO4/c1-10-2-5-14(20)18-16(10)17(22)13-4-3-12(8-15(13)25-18)21-7-6-11(9-21)19(23)24/h2-5,8,11H,6-7,9H2,1H3,(H,23,24). The predicted octanol–water partition coefficient (Wildman–Crippen LogP) is 3.82. The van der Waals surface area contributed by atoms with E-state index in [9.17, 15) is 9.59 Å². The van der Waals surface area contributed by atoms with Gasteiger partial charge in [0, 0.05) is 24.8 Å². The van der Waals surface area contributed by atoms with Crippen molar-refractivity contribution in [1.82, 2.24) is 0 Å². The summed E-state index contributed by atoms with van der Waals surface area (Å²) in [6.45, 7) is 2.98. The Bertz CT molecular complexity index is 1070. The summed E-state index contributed by atoms with van der Waals surface area (Å²) in [5.74, 6) is -1.14. The summed E-state index contributed by atoms with van der Waals surface area (Å²) >= 11 is 6.21. The minimum Gasteiger partial charge on any atom is -0.481 e. The van der Waals surface area contributed by atoms with Crippen LogP contribution >= 0.6 is 11.6 Å². The molecule has 1 aliphatic heterocycles. The topological polar surface area (TPSA) is 70.8 Å². The fourth-order valence-electron chi connectivity index (χ4n) is 3.46. The molecule has 4 rings (SSSR count). The van der Waals surface area contributed by atoms with E-state index >= 15 is 0 Å². The highest BCUT2D eigenvalue weighted by Crippen LogP contribution is 2.31. The van der Waals surface area contributed by atoms with Crippen molar-refractivity contribution >= 4 is 45.2 Å². The molecule has 128 valence electrons.